The SMILES string of the molecule is CCCCCCCCCCCCCCCCCCCCCC(=O)OC(CN(C)CCO)OC(=O)CCCCCCCCCCCCCCCCCCCCC. The molecule has 328 valence electrons. The summed E-state index contributed by atoms with van der Waals surface area (Å²) >= 11 is 0. The van der Waals surface area contributed by atoms with Crippen LogP contribution in [0.4, 0.5) is 0 Å². The van der Waals surface area contributed by atoms with E-state index in [9.17, 15) is 14.7 Å². The van der Waals surface area contributed by atoms with Crippen molar-refractivity contribution in [1.82, 2.24) is 4.90 Å². The number of hydrogen-bond acceptors (Lipinski definition) is 6. The number of likely N-dealkylation sites (N-methyl/N-ethyl adjacent to an activating group) is 1. The number of ether oxygens (including phenoxy) is 2. The summed E-state index contributed by atoms with van der Waals surface area (Å²) in [5.41, 5.74) is 0. The summed E-state index contributed by atoms with van der Waals surface area (Å²) in [4.78, 5) is 27.1. The summed E-state index contributed by atoms with van der Waals surface area (Å²) < 4.78 is 11.2. The fourth-order valence-corrected chi connectivity index (χ4v) is 7.72. The second-order valence-electron chi connectivity index (χ2n) is 17.1. The van der Waals surface area contributed by atoms with E-state index in [-0.39, 0.29) is 25.1 Å². The fourth-order valence-electron chi connectivity index (χ4n) is 7.72. The highest BCUT2D eigenvalue weighted by Crippen LogP contribution is 2.17. The first kappa shape index (κ1) is 53.9. The van der Waals surface area contributed by atoms with E-state index in [0.717, 1.165) is 38.5 Å². The number of esters is 2. The van der Waals surface area contributed by atoms with E-state index >= 15 is 0 Å². The van der Waals surface area contributed by atoms with Crippen molar-refractivity contribution in [3.05, 3.63) is 0 Å². The normalized spacial score (nSPS) is 11.6. The van der Waals surface area contributed by atoms with E-state index < -0.39 is 6.29 Å². The molecule has 0 bridgehead atoms. The van der Waals surface area contributed by atoms with E-state index in [0.29, 0.717) is 19.4 Å². The molecule has 6 heteroatoms. The summed E-state index contributed by atoms with van der Waals surface area (Å²) in [5, 5.41) is 9.31. The summed E-state index contributed by atoms with van der Waals surface area (Å²) in [6, 6.07) is 0. The van der Waals surface area contributed by atoms with Gasteiger partial charge in [0, 0.05) is 19.4 Å². The van der Waals surface area contributed by atoms with Gasteiger partial charge in [-0.3, -0.25) is 14.5 Å². The van der Waals surface area contributed by atoms with Gasteiger partial charge in [0.05, 0.1) is 13.2 Å². The second-order valence-corrected chi connectivity index (χ2v) is 17.1. The van der Waals surface area contributed by atoms with Crippen molar-refractivity contribution in [3.63, 3.8) is 0 Å². The van der Waals surface area contributed by atoms with Crippen LogP contribution in [0.25, 0.3) is 0 Å². The van der Waals surface area contributed by atoms with Crippen LogP contribution in [-0.4, -0.2) is 55.0 Å². The van der Waals surface area contributed by atoms with Crippen molar-refractivity contribution in [3.8, 4) is 0 Å². The van der Waals surface area contributed by atoms with Crippen LogP contribution in [0.2, 0.25) is 0 Å². The molecule has 0 atom stereocenters. The summed E-state index contributed by atoms with van der Waals surface area (Å²) in [7, 11) is 1.83. The maximum absolute atomic E-state index is 12.6. The average Bonchev–Trinajstić information content (AvgIpc) is 3.16. The molecule has 6 nitrogen and oxygen atoms in total. The third kappa shape index (κ3) is 43.8. The molecular weight excluding hydrogens is 683 g/mol. The van der Waals surface area contributed by atoms with Crippen LogP contribution >= 0.6 is 0 Å². The van der Waals surface area contributed by atoms with Gasteiger partial charge >= 0.3 is 11.9 Å². The average molecular weight is 780 g/mol. The molecule has 0 aliphatic rings. The van der Waals surface area contributed by atoms with Crippen LogP contribution in [0.3, 0.4) is 0 Å². The highest BCUT2D eigenvalue weighted by atomic mass is 16.7. The number of carbonyl (C=O) groups is 2. The molecule has 0 amide bonds. The van der Waals surface area contributed by atoms with Gasteiger partial charge in [0.15, 0.2) is 0 Å². The standard InChI is InChI=1S/C49H97NO5/c1-4-6-8-10-12-14-16-18-20-22-24-26-28-30-32-34-36-38-40-42-47(52)54-49(46-50(3)44-45-51)55-48(53)43-41-39-37-35-33-31-29-27-25-23-21-19-17-15-13-11-9-7-5-2/h49,51H,4-46H2,1-3H3. The molecular formula is C49H97NO5. The van der Waals surface area contributed by atoms with E-state index in [1.807, 2.05) is 11.9 Å². The minimum Gasteiger partial charge on any atom is -0.424 e. The Labute approximate surface area is 343 Å². The molecule has 55 heavy (non-hydrogen) atoms. The zero-order chi connectivity index (χ0) is 40.1. The van der Waals surface area contributed by atoms with Crippen molar-refractivity contribution in [1.29, 1.82) is 0 Å². The maximum Gasteiger partial charge on any atom is 0.308 e. The predicted octanol–water partition coefficient (Wildman–Crippen LogP) is 15.0. The molecule has 0 heterocycles. The lowest BCUT2D eigenvalue weighted by Gasteiger charge is -2.23. The van der Waals surface area contributed by atoms with E-state index in [4.69, 9.17) is 9.47 Å². The summed E-state index contributed by atoms with van der Waals surface area (Å²) in [6.07, 6.45) is 50.0. The molecule has 0 aliphatic carbocycles. The van der Waals surface area contributed by atoms with Crippen molar-refractivity contribution in [2.24, 2.45) is 0 Å². The Balaban J connectivity index is 3.79. The van der Waals surface area contributed by atoms with E-state index in [1.165, 1.54) is 205 Å². The molecule has 0 fully saturated rings. The third-order valence-electron chi connectivity index (χ3n) is 11.4. The lowest BCUT2D eigenvalue weighted by atomic mass is 10.0. The van der Waals surface area contributed by atoms with Crippen LogP contribution in [0.1, 0.15) is 271 Å². The zero-order valence-corrected chi connectivity index (χ0v) is 37.5. The van der Waals surface area contributed by atoms with E-state index in [2.05, 4.69) is 13.8 Å². The first-order chi connectivity index (χ1) is 27.0. The highest BCUT2D eigenvalue weighted by molar-refractivity contribution is 5.71. The Bertz CT molecular complexity index is 720. The lowest BCUT2D eigenvalue weighted by Crippen LogP contribution is -2.37. The molecule has 0 aliphatic heterocycles. The van der Waals surface area contributed by atoms with Crippen molar-refractivity contribution < 1.29 is 24.2 Å². The summed E-state index contributed by atoms with van der Waals surface area (Å²) in [5.74, 6) is -0.601. The first-order valence-corrected chi connectivity index (χ1v) is 24.7. The van der Waals surface area contributed by atoms with Gasteiger partial charge in [-0.15, -0.1) is 0 Å². The minimum absolute atomic E-state index is 0.00380. The van der Waals surface area contributed by atoms with Crippen LogP contribution in [0.15, 0.2) is 0 Å². The molecule has 0 aromatic rings. The van der Waals surface area contributed by atoms with Gasteiger partial charge < -0.3 is 14.6 Å². The highest BCUT2D eigenvalue weighted by Gasteiger charge is 2.21. The largest absolute Gasteiger partial charge is 0.424 e. The molecule has 0 radical (unpaired) electrons. The van der Waals surface area contributed by atoms with Crippen LogP contribution in [0.5, 0.6) is 0 Å². The van der Waals surface area contributed by atoms with Gasteiger partial charge in [-0.2, -0.15) is 0 Å². The van der Waals surface area contributed by atoms with Crippen LogP contribution in [0, 0.1) is 0 Å². The number of carbonyl (C=O) groups excluding carboxylic acids is 2. The zero-order valence-electron chi connectivity index (χ0n) is 37.5. The number of hydrogen-bond donors (Lipinski definition) is 1. The Kier molecular flexibility index (Phi) is 44.6. The Hall–Kier alpha value is -1.14. The third-order valence-corrected chi connectivity index (χ3v) is 11.4. The monoisotopic (exact) mass is 780 g/mol. The van der Waals surface area contributed by atoms with Crippen molar-refractivity contribution in [2.75, 3.05) is 26.7 Å². The number of unbranched alkanes of at least 4 members (excludes halogenated alkanes) is 36. The molecule has 0 rings (SSSR count). The number of aliphatic hydroxyl groups is 1. The number of rotatable bonds is 46. The second kappa shape index (κ2) is 45.6. The molecule has 0 aromatic heterocycles. The Morgan fingerprint density at radius 1 is 0.400 bits per heavy atom. The first-order valence-electron chi connectivity index (χ1n) is 24.7. The molecule has 0 saturated carbocycles. The van der Waals surface area contributed by atoms with Gasteiger partial charge in [-0.25, -0.2) is 0 Å². The van der Waals surface area contributed by atoms with Crippen molar-refractivity contribution >= 4 is 11.9 Å². The van der Waals surface area contributed by atoms with Crippen LogP contribution in [-0.2, 0) is 19.1 Å². The van der Waals surface area contributed by atoms with Crippen LogP contribution < -0.4 is 0 Å². The Morgan fingerprint density at radius 3 is 0.836 bits per heavy atom. The number of nitrogens with zero attached hydrogens (tertiary/aromatic N) is 1. The lowest BCUT2D eigenvalue weighted by molar-refractivity contribution is -0.190. The fraction of sp³-hybridized carbons (Fsp3) is 0.959. The predicted molar refractivity (Wildman–Crippen MR) is 237 cm³/mol. The molecule has 0 spiro atoms. The smallest absolute Gasteiger partial charge is 0.308 e. The minimum atomic E-state index is -0.919. The Morgan fingerprint density at radius 2 is 0.618 bits per heavy atom. The maximum atomic E-state index is 12.6. The molecule has 0 unspecified atom stereocenters. The van der Waals surface area contributed by atoms with Gasteiger partial charge in [-0.05, 0) is 19.9 Å². The van der Waals surface area contributed by atoms with Gasteiger partial charge in [0.2, 0.25) is 0 Å². The topological polar surface area (TPSA) is 76.1 Å². The number of aliphatic hydroxyl groups excluding tert-OH is 1. The molecule has 0 aromatic carbocycles. The molecule has 0 saturated heterocycles. The van der Waals surface area contributed by atoms with Gasteiger partial charge in [-0.1, -0.05) is 245 Å². The molecule has 1 N–H and O–H groups in total. The quantitative estimate of drug-likeness (QED) is 0.0377. The van der Waals surface area contributed by atoms with Crippen molar-refractivity contribution in [2.45, 2.75) is 277 Å². The van der Waals surface area contributed by atoms with Gasteiger partial charge in [0.25, 0.3) is 6.29 Å². The van der Waals surface area contributed by atoms with E-state index in [1.54, 1.807) is 0 Å². The van der Waals surface area contributed by atoms with Gasteiger partial charge in [0.1, 0.15) is 0 Å². The summed E-state index contributed by atoms with van der Waals surface area (Å²) in [6.45, 7) is 5.28.